The Kier molecular flexibility index (Phi) is 6.11. The normalized spacial score (nSPS) is 30.0. The van der Waals surface area contributed by atoms with Crippen LogP contribution in [0.2, 0.25) is 0 Å². The number of carbonyl (C=O) groups excluding carboxylic acids is 1. The van der Waals surface area contributed by atoms with Crippen LogP contribution >= 0.6 is 15.9 Å². The minimum atomic E-state index is -0.747. The van der Waals surface area contributed by atoms with Gasteiger partial charge in [-0.3, -0.25) is 0 Å². The van der Waals surface area contributed by atoms with Crippen molar-refractivity contribution in [2.75, 3.05) is 7.11 Å². The molecule has 0 aromatic rings. The Labute approximate surface area is 140 Å². The number of halogens is 1. The molecule has 1 aliphatic heterocycles. The van der Waals surface area contributed by atoms with E-state index in [2.05, 4.69) is 20.3 Å². The van der Waals surface area contributed by atoms with Crippen molar-refractivity contribution in [1.29, 1.82) is 0 Å². The average Bonchev–Trinajstić information content (AvgIpc) is 2.58. The molecule has 0 unspecified atom stereocenters. The number of nitrogens with one attached hydrogen (secondary N) is 1. The fraction of sp³-hybridized carbons (Fsp3) is 0.533. The molecule has 1 aliphatic carbocycles. The van der Waals surface area contributed by atoms with Crippen molar-refractivity contribution in [2.24, 2.45) is 0 Å². The molecule has 116 valence electrons. The summed E-state index contributed by atoms with van der Waals surface area (Å²) in [5.74, 6) is -0.380. The fourth-order valence-corrected chi connectivity index (χ4v) is 5.53. The third kappa shape index (κ3) is 4.22. The van der Waals surface area contributed by atoms with Gasteiger partial charge in [0.2, 0.25) is 0 Å². The third-order valence-corrected chi connectivity index (χ3v) is 7.44. The van der Waals surface area contributed by atoms with Gasteiger partial charge in [0.25, 0.3) is 0 Å². The topological polar surface area (TPSA) is 58.6 Å². The van der Waals surface area contributed by atoms with Crippen LogP contribution in [0.5, 0.6) is 0 Å². The van der Waals surface area contributed by atoms with E-state index in [4.69, 9.17) is 4.74 Å². The molecule has 21 heavy (non-hydrogen) atoms. The van der Waals surface area contributed by atoms with Crippen LogP contribution in [0.1, 0.15) is 38.5 Å². The van der Waals surface area contributed by atoms with Crippen LogP contribution in [0.25, 0.3) is 0 Å². The van der Waals surface area contributed by atoms with Gasteiger partial charge in [0, 0.05) is 0 Å². The van der Waals surface area contributed by atoms with E-state index in [9.17, 15) is 9.90 Å². The number of allylic oxidation sites excluding steroid dienone is 4. The summed E-state index contributed by atoms with van der Waals surface area (Å²) >= 11 is 3.43. The molecule has 0 bridgehead atoms. The first-order valence-electron chi connectivity index (χ1n) is 7.06. The Bertz CT molecular complexity index is 493. The molecule has 0 aromatic heterocycles. The number of carbonyl (C=O) groups is 1. The molecule has 0 radical (unpaired) electrons. The Morgan fingerprint density at radius 2 is 2.14 bits per heavy atom. The predicted octanol–water partition coefficient (Wildman–Crippen LogP) is 2.51. The average molecular weight is 421 g/mol. The van der Waals surface area contributed by atoms with E-state index in [-0.39, 0.29) is 21.1 Å². The summed E-state index contributed by atoms with van der Waals surface area (Å²) in [6, 6.07) is 0. The number of ether oxygens (including phenoxy) is 1. The molecule has 0 spiro atoms. The summed E-state index contributed by atoms with van der Waals surface area (Å²) in [5, 5.41) is 11.0. The van der Waals surface area contributed by atoms with E-state index >= 15 is 0 Å². The summed E-state index contributed by atoms with van der Waals surface area (Å²) < 4.78 is 9.97. The molecular formula is C15H20BrNO3Se. The van der Waals surface area contributed by atoms with Gasteiger partial charge in [0.1, 0.15) is 0 Å². The Morgan fingerprint density at radius 3 is 2.81 bits per heavy atom. The standard InChI is InChI=1S/C15H20BrNO3Se/c1-20-14(18)12-8-4-3-7-11(16)13(21-17-12)15(19)9-5-2-6-10-15/h3-4,8,17,19H,2,5-7,9-10H2,1H3/b4-3-,12-8-,13-11+. The van der Waals surface area contributed by atoms with E-state index in [0.29, 0.717) is 5.70 Å². The van der Waals surface area contributed by atoms with Crippen LogP contribution in [0.4, 0.5) is 0 Å². The Balaban J connectivity index is 2.24. The third-order valence-electron chi connectivity index (χ3n) is 3.71. The van der Waals surface area contributed by atoms with Gasteiger partial charge in [0.05, 0.1) is 0 Å². The second-order valence-electron chi connectivity index (χ2n) is 5.23. The zero-order chi connectivity index (χ0) is 15.3. The van der Waals surface area contributed by atoms with Gasteiger partial charge in [0.15, 0.2) is 0 Å². The second-order valence-corrected chi connectivity index (χ2v) is 7.90. The number of hydrogen-bond donors (Lipinski definition) is 2. The van der Waals surface area contributed by atoms with Crippen LogP contribution < -0.4 is 4.33 Å². The van der Waals surface area contributed by atoms with E-state index in [1.54, 1.807) is 6.08 Å². The quantitative estimate of drug-likeness (QED) is 0.532. The van der Waals surface area contributed by atoms with E-state index in [0.717, 1.165) is 41.1 Å². The molecule has 1 heterocycles. The van der Waals surface area contributed by atoms with Gasteiger partial charge in [-0.2, -0.15) is 0 Å². The molecule has 0 aromatic carbocycles. The zero-order valence-electron chi connectivity index (χ0n) is 12.0. The zero-order valence-corrected chi connectivity index (χ0v) is 15.3. The van der Waals surface area contributed by atoms with Crippen LogP contribution in [-0.2, 0) is 9.53 Å². The van der Waals surface area contributed by atoms with Gasteiger partial charge in [-0.05, 0) is 0 Å². The SMILES string of the molecule is COC(=O)/C1=C/C=C\C/C(Br)=C(/C2(O)CCCCC2)[Se]N1. The second kappa shape index (κ2) is 7.63. The van der Waals surface area contributed by atoms with Gasteiger partial charge >= 0.3 is 140 Å². The molecular weight excluding hydrogens is 401 g/mol. The maximum atomic E-state index is 11.7. The van der Waals surface area contributed by atoms with Crippen molar-refractivity contribution < 1.29 is 14.6 Å². The molecule has 4 nitrogen and oxygen atoms in total. The van der Waals surface area contributed by atoms with Crippen LogP contribution in [0.3, 0.4) is 0 Å². The predicted molar refractivity (Wildman–Crippen MR) is 86.7 cm³/mol. The maximum absolute atomic E-state index is 11.7. The van der Waals surface area contributed by atoms with Gasteiger partial charge in [-0.1, -0.05) is 0 Å². The first-order valence-corrected chi connectivity index (χ1v) is 9.57. The molecule has 0 saturated heterocycles. The first-order chi connectivity index (χ1) is 10.1. The summed E-state index contributed by atoms with van der Waals surface area (Å²) in [6.45, 7) is 0. The molecule has 6 heteroatoms. The fourth-order valence-electron chi connectivity index (χ4n) is 2.55. The van der Waals surface area contributed by atoms with Crippen molar-refractivity contribution in [3.05, 3.63) is 32.9 Å². The van der Waals surface area contributed by atoms with Crippen molar-refractivity contribution >= 4 is 37.1 Å². The van der Waals surface area contributed by atoms with Crippen LogP contribution in [0.15, 0.2) is 32.9 Å². The molecule has 0 atom stereocenters. The van der Waals surface area contributed by atoms with Crippen LogP contribution in [-0.4, -0.2) is 39.0 Å². The molecule has 0 amide bonds. The number of esters is 1. The number of methoxy groups -OCH3 is 1. The van der Waals surface area contributed by atoms with Gasteiger partial charge in [-0.25, -0.2) is 0 Å². The summed E-state index contributed by atoms with van der Waals surface area (Å²) in [5.41, 5.74) is -0.309. The van der Waals surface area contributed by atoms with E-state index < -0.39 is 5.60 Å². The van der Waals surface area contributed by atoms with Gasteiger partial charge in [-0.15, -0.1) is 0 Å². The number of hydrogen-bond acceptors (Lipinski definition) is 4. The number of aliphatic hydroxyl groups is 1. The molecule has 2 aliphatic rings. The first kappa shape index (κ1) is 16.8. The van der Waals surface area contributed by atoms with E-state index in [1.165, 1.54) is 13.5 Å². The summed E-state index contributed by atoms with van der Waals surface area (Å²) in [7, 11) is 1.37. The summed E-state index contributed by atoms with van der Waals surface area (Å²) in [4.78, 5) is 11.7. The Hall–Kier alpha value is -0.551. The van der Waals surface area contributed by atoms with Crippen molar-refractivity contribution in [1.82, 2.24) is 4.33 Å². The molecule has 1 saturated carbocycles. The molecule has 2 rings (SSSR count). The van der Waals surface area contributed by atoms with Gasteiger partial charge < -0.3 is 0 Å². The monoisotopic (exact) mass is 421 g/mol. The number of rotatable bonds is 2. The van der Waals surface area contributed by atoms with E-state index in [1.807, 2.05) is 12.2 Å². The van der Waals surface area contributed by atoms with Crippen molar-refractivity contribution in [3.8, 4) is 0 Å². The van der Waals surface area contributed by atoms with Crippen molar-refractivity contribution in [3.63, 3.8) is 0 Å². The summed E-state index contributed by atoms with van der Waals surface area (Å²) in [6.07, 6.45) is 11.1. The molecule has 1 fully saturated rings. The minimum absolute atomic E-state index is 0.197. The molecule has 2 N–H and O–H groups in total. The van der Waals surface area contributed by atoms with Crippen molar-refractivity contribution in [2.45, 2.75) is 44.1 Å². The Morgan fingerprint density at radius 1 is 1.43 bits per heavy atom. The van der Waals surface area contributed by atoms with Crippen LogP contribution in [0, 0.1) is 0 Å².